The number of hydrogen-bond acceptors (Lipinski definition) is 8. The average Bonchev–Trinajstić information content (AvgIpc) is 2.96. The topological polar surface area (TPSA) is 221 Å². The fourth-order valence-corrected chi connectivity index (χ4v) is 3.91. The van der Waals surface area contributed by atoms with Crippen LogP contribution in [0.5, 0.6) is 0 Å². The lowest BCUT2D eigenvalue weighted by atomic mass is 9.84. The minimum atomic E-state index is -1.35. The highest BCUT2D eigenvalue weighted by Crippen LogP contribution is 2.23. The second-order valence-corrected chi connectivity index (χ2v) is 8.86. The van der Waals surface area contributed by atoms with Gasteiger partial charge < -0.3 is 31.9 Å². The molecule has 0 aromatic heterocycles. The van der Waals surface area contributed by atoms with Gasteiger partial charge in [-0.2, -0.15) is 0 Å². The van der Waals surface area contributed by atoms with E-state index >= 15 is 0 Å². The third kappa shape index (κ3) is 12.9. The Labute approximate surface area is 239 Å². The minimum Gasteiger partial charge on any atom is -0.359 e. The lowest BCUT2D eigenvalue weighted by Gasteiger charge is -2.25. The molecule has 8 amide bonds. The summed E-state index contributed by atoms with van der Waals surface area (Å²) < 4.78 is 0. The number of carbonyl (C=O) groups is 8. The Balaban J connectivity index is 6.05. The molecule has 0 rings (SSSR count). The third-order valence-electron chi connectivity index (χ3n) is 6.11. The van der Waals surface area contributed by atoms with E-state index in [1.807, 2.05) is 0 Å². The van der Waals surface area contributed by atoms with Gasteiger partial charge in [0.1, 0.15) is 0 Å². The molecule has 0 bridgehead atoms. The van der Waals surface area contributed by atoms with Crippen molar-refractivity contribution in [2.75, 3.05) is 41.3 Å². The van der Waals surface area contributed by atoms with Gasteiger partial charge in [-0.05, 0) is 0 Å². The molecule has 0 aromatic carbocycles. The third-order valence-corrected chi connectivity index (χ3v) is 6.11. The van der Waals surface area contributed by atoms with Crippen LogP contribution in [-0.4, -0.2) is 88.5 Å². The highest BCUT2D eigenvalue weighted by atomic mass is 16.2. The van der Waals surface area contributed by atoms with Gasteiger partial charge in [0, 0.05) is 67.0 Å². The van der Waals surface area contributed by atoms with E-state index in [1.54, 1.807) is 0 Å². The first kappa shape index (κ1) is 36.4. The highest BCUT2D eigenvalue weighted by molar-refractivity contribution is 6.01. The number of hydrogen-bond donors (Lipinski definition) is 7. The van der Waals surface area contributed by atoms with Gasteiger partial charge in [0.05, 0.1) is 23.7 Å². The fourth-order valence-electron chi connectivity index (χ4n) is 3.91. The molecule has 0 aliphatic carbocycles. The second-order valence-electron chi connectivity index (χ2n) is 8.86. The zero-order valence-corrected chi connectivity index (χ0v) is 23.9. The van der Waals surface area contributed by atoms with Gasteiger partial charge >= 0.3 is 0 Å². The molecule has 0 radical (unpaired) electrons. The van der Waals surface area contributed by atoms with Crippen LogP contribution in [0.3, 0.4) is 0 Å². The summed E-state index contributed by atoms with van der Waals surface area (Å²) in [6.07, 6.45) is 0.615. The lowest BCUT2D eigenvalue weighted by Crippen LogP contribution is -2.47. The maximum absolute atomic E-state index is 12.9. The van der Waals surface area contributed by atoms with Crippen LogP contribution >= 0.6 is 0 Å². The van der Waals surface area contributed by atoms with Gasteiger partial charge in [-0.1, -0.05) is 12.2 Å². The monoisotopic (exact) mass is 579 g/mol. The van der Waals surface area contributed by atoms with E-state index in [2.05, 4.69) is 50.4 Å². The van der Waals surface area contributed by atoms with Gasteiger partial charge in [0.25, 0.3) is 0 Å². The molecule has 0 aliphatic heterocycles. The van der Waals surface area contributed by atoms with E-state index in [1.165, 1.54) is 40.3 Å². The zero-order valence-electron chi connectivity index (χ0n) is 23.9. The highest BCUT2D eigenvalue weighted by Gasteiger charge is 2.38. The van der Waals surface area contributed by atoms with Crippen LogP contribution in [0, 0.1) is 23.7 Å². The minimum absolute atomic E-state index is 0.0179. The molecule has 0 heterocycles. The normalized spacial score (nSPS) is 13.1. The van der Waals surface area contributed by atoms with E-state index < -0.39 is 96.6 Å². The molecular formula is C26H41N7O8. The summed E-state index contributed by atoms with van der Waals surface area (Å²) in [5, 5.41) is 16.5. The number of rotatable bonds is 18. The molecule has 0 aliphatic rings. The van der Waals surface area contributed by atoms with Gasteiger partial charge in [-0.3, -0.25) is 43.7 Å². The largest absolute Gasteiger partial charge is 0.359 e. The van der Waals surface area contributed by atoms with Crippen LogP contribution in [0.15, 0.2) is 25.3 Å². The van der Waals surface area contributed by atoms with Crippen LogP contribution in [0.2, 0.25) is 0 Å². The van der Waals surface area contributed by atoms with Crippen molar-refractivity contribution in [2.45, 2.75) is 25.7 Å². The zero-order chi connectivity index (χ0) is 31.5. The predicted octanol–water partition coefficient (Wildman–Crippen LogP) is -2.76. The standard InChI is InChI=1S/C26H41N7O8/c1-7-9-31-25(40)17(15(23(38)29-5)11-19(34)27-3)13-21(36)33-22(37)14-18(26(41)32-10-8-2)16(24(39)30-6)12-20(35)28-4/h7-8,15-18H,1-2,9-14H2,3-6H3,(H,27,34)(H,28,35)(H,29,38)(H,30,39)(H,31,40)(H,32,41)(H,33,36,37). The van der Waals surface area contributed by atoms with Crippen molar-refractivity contribution in [3.05, 3.63) is 25.3 Å². The molecule has 15 nitrogen and oxygen atoms in total. The van der Waals surface area contributed by atoms with Crippen molar-refractivity contribution < 1.29 is 38.4 Å². The second kappa shape index (κ2) is 19.5. The summed E-state index contributed by atoms with van der Waals surface area (Å²) in [5.41, 5.74) is 0. The number of amides is 8. The van der Waals surface area contributed by atoms with Crippen LogP contribution in [0.1, 0.15) is 25.7 Å². The average molecular weight is 580 g/mol. The van der Waals surface area contributed by atoms with Crippen molar-refractivity contribution in [1.82, 2.24) is 37.2 Å². The van der Waals surface area contributed by atoms with Crippen LogP contribution < -0.4 is 37.2 Å². The molecular weight excluding hydrogens is 538 g/mol. The Hall–Kier alpha value is -4.56. The Kier molecular flexibility index (Phi) is 17.3. The van der Waals surface area contributed by atoms with Crippen molar-refractivity contribution in [3.8, 4) is 0 Å². The molecule has 4 atom stereocenters. The quantitative estimate of drug-likeness (QED) is 0.0841. The van der Waals surface area contributed by atoms with Gasteiger partial charge in [0.15, 0.2) is 0 Å². The Morgan fingerprint density at radius 1 is 0.488 bits per heavy atom. The molecule has 41 heavy (non-hydrogen) atoms. The molecule has 7 N–H and O–H groups in total. The summed E-state index contributed by atoms with van der Waals surface area (Å²) in [6, 6.07) is 0. The van der Waals surface area contributed by atoms with E-state index in [9.17, 15) is 38.4 Å². The summed E-state index contributed by atoms with van der Waals surface area (Å²) in [4.78, 5) is 101. The van der Waals surface area contributed by atoms with Crippen molar-refractivity contribution >= 4 is 47.3 Å². The maximum atomic E-state index is 12.9. The van der Waals surface area contributed by atoms with Crippen LogP contribution in [0.25, 0.3) is 0 Å². The lowest BCUT2D eigenvalue weighted by molar-refractivity contribution is -0.142. The van der Waals surface area contributed by atoms with Gasteiger partial charge in [-0.25, -0.2) is 0 Å². The van der Waals surface area contributed by atoms with E-state index in [4.69, 9.17) is 0 Å². The molecule has 0 spiro atoms. The molecule has 0 saturated heterocycles. The van der Waals surface area contributed by atoms with Gasteiger partial charge in [-0.15, -0.1) is 13.2 Å². The van der Waals surface area contributed by atoms with Crippen LogP contribution in [0.4, 0.5) is 0 Å². The first-order valence-electron chi connectivity index (χ1n) is 12.8. The summed E-state index contributed by atoms with van der Waals surface area (Å²) in [5.74, 6) is -11.0. The van der Waals surface area contributed by atoms with Crippen LogP contribution in [-0.2, 0) is 38.4 Å². The smallest absolute Gasteiger partial charge is 0.227 e. The summed E-state index contributed by atoms with van der Waals surface area (Å²) >= 11 is 0. The Morgan fingerprint density at radius 3 is 1.05 bits per heavy atom. The number of nitrogens with one attached hydrogen (secondary N) is 7. The van der Waals surface area contributed by atoms with E-state index in [0.29, 0.717) is 0 Å². The first-order valence-corrected chi connectivity index (χ1v) is 12.8. The Bertz CT molecular complexity index is 936. The summed E-state index contributed by atoms with van der Waals surface area (Å²) in [7, 11) is 5.31. The van der Waals surface area contributed by atoms with E-state index in [0.717, 1.165) is 0 Å². The van der Waals surface area contributed by atoms with Crippen molar-refractivity contribution in [1.29, 1.82) is 0 Å². The van der Waals surface area contributed by atoms with Crippen molar-refractivity contribution in [3.63, 3.8) is 0 Å². The fraction of sp³-hybridized carbons (Fsp3) is 0.538. The van der Waals surface area contributed by atoms with Gasteiger partial charge in [0.2, 0.25) is 47.3 Å². The number of imide groups is 1. The molecule has 0 saturated carbocycles. The molecule has 4 unspecified atom stereocenters. The maximum Gasteiger partial charge on any atom is 0.227 e. The predicted molar refractivity (Wildman–Crippen MR) is 148 cm³/mol. The molecule has 15 heteroatoms. The summed E-state index contributed by atoms with van der Waals surface area (Å²) in [6.45, 7) is 7.02. The van der Waals surface area contributed by atoms with E-state index in [-0.39, 0.29) is 13.1 Å². The first-order chi connectivity index (χ1) is 19.4. The Morgan fingerprint density at radius 2 is 0.780 bits per heavy atom. The molecule has 0 fully saturated rings. The molecule has 228 valence electrons. The SMILES string of the molecule is C=CCNC(=O)C(CC(=O)NC(=O)CC(C(=O)NCC=C)C(CC(=O)NC)C(=O)NC)C(CC(=O)NC)C(=O)NC. The number of carbonyl (C=O) groups excluding carboxylic acids is 8. The van der Waals surface area contributed by atoms with Crippen molar-refractivity contribution in [2.24, 2.45) is 23.7 Å². The molecule has 0 aromatic rings.